The van der Waals surface area contributed by atoms with Crippen LogP contribution in [0.2, 0.25) is 0 Å². The summed E-state index contributed by atoms with van der Waals surface area (Å²) in [6.45, 7) is 6.35. The summed E-state index contributed by atoms with van der Waals surface area (Å²) in [5, 5.41) is 8.67. The fourth-order valence-corrected chi connectivity index (χ4v) is 0.857. The minimum absolute atomic E-state index is 0.368. The van der Waals surface area contributed by atoms with Crippen LogP contribution in [-0.4, -0.2) is 23.1 Å². The average molecular weight is 218 g/mol. The number of aliphatic carboxylic acids is 1. The van der Waals surface area contributed by atoms with Crippen LogP contribution in [0.15, 0.2) is 12.4 Å². The Balaban J connectivity index is 4.42. The van der Waals surface area contributed by atoms with E-state index in [1.807, 2.05) is 0 Å². The van der Waals surface area contributed by atoms with Crippen LogP contribution in [-0.2, 0) is 14.3 Å². The van der Waals surface area contributed by atoms with E-state index in [9.17, 15) is 14.0 Å². The summed E-state index contributed by atoms with van der Waals surface area (Å²) < 4.78 is 17.2. The number of esters is 1. The lowest BCUT2D eigenvalue weighted by molar-refractivity contribution is -0.162. The van der Waals surface area contributed by atoms with E-state index in [4.69, 9.17) is 9.84 Å². The van der Waals surface area contributed by atoms with E-state index in [1.165, 1.54) is 0 Å². The first-order valence-electron chi connectivity index (χ1n) is 4.65. The Morgan fingerprint density at radius 3 is 2.40 bits per heavy atom. The number of ether oxygens (including phenoxy) is 1. The molecule has 0 rings (SSSR count). The van der Waals surface area contributed by atoms with Crippen LogP contribution < -0.4 is 0 Å². The lowest BCUT2D eigenvalue weighted by atomic mass is 10.1. The van der Waals surface area contributed by atoms with Crippen molar-refractivity contribution < 1.29 is 23.8 Å². The summed E-state index contributed by atoms with van der Waals surface area (Å²) in [5.74, 6) is -4.67. The SMILES string of the molecule is C=C(F)CC(C(=O)O)C(=O)OC(C)CC. The maximum Gasteiger partial charge on any atom is 0.321 e. The molecule has 4 nitrogen and oxygen atoms in total. The topological polar surface area (TPSA) is 63.6 Å². The third kappa shape index (κ3) is 5.15. The van der Waals surface area contributed by atoms with Crippen molar-refractivity contribution in [2.75, 3.05) is 0 Å². The fraction of sp³-hybridized carbons (Fsp3) is 0.600. The van der Waals surface area contributed by atoms with E-state index in [0.717, 1.165) is 0 Å². The highest BCUT2D eigenvalue weighted by molar-refractivity contribution is 5.94. The summed E-state index contributed by atoms with van der Waals surface area (Å²) in [6.07, 6.45) is -0.327. The molecule has 86 valence electrons. The van der Waals surface area contributed by atoms with Gasteiger partial charge in [0, 0.05) is 6.42 Å². The second-order valence-electron chi connectivity index (χ2n) is 3.27. The number of carbonyl (C=O) groups excluding carboxylic acids is 1. The Kier molecular flexibility index (Phi) is 5.59. The quantitative estimate of drug-likeness (QED) is 0.546. The molecule has 0 heterocycles. The molecular weight excluding hydrogens is 203 g/mol. The van der Waals surface area contributed by atoms with Gasteiger partial charge in [-0.1, -0.05) is 13.5 Å². The van der Waals surface area contributed by atoms with Crippen molar-refractivity contribution in [2.24, 2.45) is 5.92 Å². The molecule has 0 spiro atoms. The third-order valence-corrected chi connectivity index (χ3v) is 1.90. The van der Waals surface area contributed by atoms with Crippen LogP contribution in [0.1, 0.15) is 26.7 Å². The fourth-order valence-electron chi connectivity index (χ4n) is 0.857. The van der Waals surface area contributed by atoms with E-state index >= 15 is 0 Å². The van der Waals surface area contributed by atoms with Crippen molar-refractivity contribution in [3.8, 4) is 0 Å². The first-order valence-corrected chi connectivity index (χ1v) is 4.65. The zero-order chi connectivity index (χ0) is 12.0. The Bertz CT molecular complexity index is 262. The molecule has 0 aliphatic heterocycles. The summed E-state index contributed by atoms with van der Waals surface area (Å²) in [7, 11) is 0. The molecule has 0 aromatic heterocycles. The molecule has 0 aromatic carbocycles. The van der Waals surface area contributed by atoms with E-state index < -0.39 is 30.1 Å². The van der Waals surface area contributed by atoms with Gasteiger partial charge in [-0.25, -0.2) is 4.39 Å². The van der Waals surface area contributed by atoms with Gasteiger partial charge in [-0.05, 0) is 13.3 Å². The number of hydrogen-bond acceptors (Lipinski definition) is 3. The molecule has 0 radical (unpaired) electrons. The minimum atomic E-state index is -1.50. The van der Waals surface area contributed by atoms with E-state index in [2.05, 4.69) is 6.58 Å². The van der Waals surface area contributed by atoms with Gasteiger partial charge in [0.1, 0.15) is 0 Å². The van der Waals surface area contributed by atoms with Crippen molar-refractivity contribution in [3.63, 3.8) is 0 Å². The lowest BCUT2D eigenvalue weighted by Gasteiger charge is -2.14. The zero-order valence-electron chi connectivity index (χ0n) is 8.83. The number of allylic oxidation sites excluding steroid dienone is 1. The number of carboxylic acid groups (broad SMARTS) is 1. The van der Waals surface area contributed by atoms with Gasteiger partial charge in [-0.2, -0.15) is 0 Å². The monoisotopic (exact) mass is 218 g/mol. The largest absolute Gasteiger partial charge is 0.481 e. The second-order valence-corrected chi connectivity index (χ2v) is 3.27. The predicted octanol–water partition coefficient (Wildman–Crippen LogP) is 1.90. The number of carboxylic acids is 1. The predicted molar refractivity (Wildman–Crippen MR) is 51.8 cm³/mol. The maximum atomic E-state index is 12.4. The second kappa shape index (κ2) is 6.16. The minimum Gasteiger partial charge on any atom is -0.481 e. The number of halogens is 1. The summed E-state index contributed by atoms with van der Waals surface area (Å²) >= 11 is 0. The highest BCUT2D eigenvalue weighted by Crippen LogP contribution is 2.15. The van der Waals surface area contributed by atoms with E-state index in [-0.39, 0.29) is 6.10 Å². The van der Waals surface area contributed by atoms with Crippen LogP contribution in [0, 0.1) is 5.92 Å². The van der Waals surface area contributed by atoms with Crippen LogP contribution in [0.3, 0.4) is 0 Å². The zero-order valence-corrected chi connectivity index (χ0v) is 8.83. The number of carbonyl (C=O) groups is 2. The summed E-state index contributed by atoms with van der Waals surface area (Å²) in [6, 6.07) is 0. The van der Waals surface area contributed by atoms with Crippen molar-refractivity contribution in [3.05, 3.63) is 12.4 Å². The number of hydrogen-bond donors (Lipinski definition) is 1. The Hall–Kier alpha value is -1.39. The van der Waals surface area contributed by atoms with E-state index in [0.29, 0.717) is 6.42 Å². The van der Waals surface area contributed by atoms with Gasteiger partial charge in [0.25, 0.3) is 0 Å². The first kappa shape index (κ1) is 13.6. The van der Waals surface area contributed by atoms with Gasteiger partial charge >= 0.3 is 11.9 Å². The molecule has 1 N–H and O–H groups in total. The molecule has 5 heteroatoms. The highest BCUT2D eigenvalue weighted by Gasteiger charge is 2.29. The Morgan fingerprint density at radius 2 is 2.07 bits per heavy atom. The average Bonchev–Trinajstić information content (AvgIpc) is 2.12. The molecule has 2 atom stereocenters. The van der Waals surface area contributed by atoms with Gasteiger partial charge in [-0.15, -0.1) is 0 Å². The van der Waals surface area contributed by atoms with Gasteiger partial charge < -0.3 is 9.84 Å². The molecule has 0 saturated heterocycles. The van der Waals surface area contributed by atoms with Gasteiger partial charge in [-0.3, -0.25) is 9.59 Å². The van der Waals surface area contributed by atoms with Crippen molar-refractivity contribution in [2.45, 2.75) is 32.8 Å². The van der Waals surface area contributed by atoms with Crippen LogP contribution in [0.5, 0.6) is 0 Å². The number of rotatable bonds is 6. The molecule has 2 unspecified atom stereocenters. The third-order valence-electron chi connectivity index (χ3n) is 1.90. The smallest absolute Gasteiger partial charge is 0.321 e. The summed E-state index contributed by atoms with van der Waals surface area (Å²) in [4.78, 5) is 21.9. The molecular formula is C10H15FO4. The molecule has 15 heavy (non-hydrogen) atoms. The first-order chi connectivity index (χ1) is 6.88. The molecule has 0 fully saturated rings. The van der Waals surface area contributed by atoms with Crippen molar-refractivity contribution in [1.82, 2.24) is 0 Å². The molecule has 0 aliphatic carbocycles. The van der Waals surface area contributed by atoms with Crippen LogP contribution in [0.4, 0.5) is 4.39 Å². The van der Waals surface area contributed by atoms with Crippen LogP contribution in [0.25, 0.3) is 0 Å². The molecule has 0 bridgehead atoms. The highest BCUT2D eigenvalue weighted by atomic mass is 19.1. The van der Waals surface area contributed by atoms with Crippen molar-refractivity contribution in [1.29, 1.82) is 0 Å². The molecule has 0 aliphatic rings. The molecule has 0 aromatic rings. The normalized spacial score (nSPS) is 14.1. The van der Waals surface area contributed by atoms with Crippen molar-refractivity contribution >= 4 is 11.9 Å². The standard InChI is InChI=1S/C10H15FO4/c1-4-7(3)15-10(14)8(9(12)13)5-6(2)11/h7-8H,2,4-5H2,1,3H3,(H,12,13). The van der Waals surface area contributed by atoms with Crippen LogP contribution >= 0.6 is 0 Å². The van der Waals surface area contributed by atoms with Gasteiger partial charge in [0.2, 0.25) is 0 Å². The molecule has 0 saturated carbocycles. The van der Waals surface area contributed by atoms with E-state index in [1.54, 1.807) is 13.8 Å². The summed E-state index contributed by atoms with van der Waals surface area (Å²) in [5.41, 5.74) is 0. The van der Waals surface area contributed by atoms with Gasteiger partial charge in [0.15, 0.2) is 5.92 Å². The maximum absolute atomic E-state index is 12.4. The lowest BCUT2D eigenvalue weighted by Crippen LogP contribution is -2.28. The Morgan fingerprint density at radius 1 is 1.53 bits per heavy atom. The van der Waals surface area contributed by atoms with Gasteiger partial charge in [0.05, 0.1) is 11.9 Å². The molecule has 0 amide bonds. The Labute approximate surface area is 87.7 Å².